The molecular weight excluding hydrogens is 238 g/mol. The Morgan fingerprint density at radius 2 is 2.29 bits per heavy atom. The fourth-order valence-electron chi connectivity index (χ4n) is 1.97. The molecule has 1 aromatic rings. The zero-order valence-corrected chi connectivity index (χ0v) is 10.9. The number of rotatable bonds is 6. The number of anilines is 1. The molecule has 0 saturated heterocycles. The molecule has 17 heavy (non-hydrogen) atoms. The molecule has 1 aliphatic rings. The minimum atomic E-state index is 0.569. The highest BCUT2D eigenvalue weighted by atomic mass is 35.5. The van der Waals surface area contributed by atoms with Crippen LogP contribution in [0.3, 0.4) is 0 Å². The van der Waals surface area contributed by atoms with Gasteiger partial charge in [-0.05, 0) is 26.2 Å². The number of hydrogen-bond acceptors (Lipinski definition) is 4. The summed E-state index contributed by atoms with van der Waals surface area (Å²) in [6, 6.07) is 0.569. The maximum Gasteiger partial charge on any atom is 0.234 e. The maximum atomic E-state index is 5.85. The second kappa shape index (κ2) is 6.05. The maximum absolute atomic E-state index is 5.85. The van der Waals surface area contributed by atoms with Crippen LogP contribution in [0.4, 0.5) is 5.82 Å². The van der Waals surface area contributed by atoms with Gasteiger partial charge in [0.05, 0.1) is 19.0 Å². The molecule has 4 nitrogen and oxygen atoms in total. The number of ether oxygens (including phenoxy) is 1. The van der Waals surface area contributed by atoms with Gasteiger partial charge < -0.3 is 9.64 Å². The van der Waals surface area contributed by atoms with Gasteiger partial charge >= 0.3 is 0 Å². The van der Waals surface area contributed by atoms with E-state index in [2.05, 4.69) is 14.9 Å². The Labute approximate surface area is 107 Å². The standard InChI is InChI=1S/C12H18ClN3O/c1-2-17-12-9-14-8-11(15-12)16(7-6-13)10-4-3-5-10/h8-10H,2-7H2,1H3. The number of nitrogens with zero attached hydrogens (tertiary/aromatic N) is 3. The molecule has 94 valence electrons. The minimum Gasteiger partial charge on any atom is -0.477 e. The summed E-state index contributed by atoms with van der Waals surface area (Å²) in [4.78, 5) is 10.9. The van der Waals surface area contributed by atoms with Crippen LogP contribution in [0.1, 0.15) is 26.2 Å². The van der Waals surface area contributed by atoms with E-state index in [-0.39, 0.29) is 0 Å². The molecule has 0 aliphatic heterocycles. The lowest BCUT2D eigenvalue weighted by Crippen LogP contribution is -2.42. The number of aromatic nitrogens is 2. The van der Waals surface area contributed by atoms with Gasteiger partial charge in [0.2, 0.25) is 5.88 Å². The Morgan fingerprint density at radius 3 is 2.88 bits per heavy atom. The van der Waals surface area contributed by atoms with E-state index in [1.165, 1.54) is 19.3 Å². The van der Waals surface area contributed by atoms with Crippen LogP contribution < -0.4 is 9.64 Å². The predicted octanol–water partition coefficient (Wildman–Crippen LogP) is 2.47. The van der Waals surface area contributed by atoms with Crippen LogP contribution in [0.2, 0.25) is 0 Å². The topological polar surface area (TPSA) is 38.2 Å². The first-order valence-corrected chi connectivity index (χ1v) is 6.66. The summed E-state index contributed by atoms with van der Waals surface area (Å²) in [6.45, 7) is 3.37. The molecule has 0 bridgehead atoms. The second-order valence-corrected chi connectivity index (χ2v) is 4.49. The SMILES string of the molecule is CCOc1cncc(N(CCCl)C2CCC2)n1. The third kappa shape index (κ3) is 3.00. The van der Waals surface area contributed by atoms with Crippen molar-refractivity contribution >= 4 is 17.4 Å². The third-order valence-electron chi connectivity index (χ3n) is 3.03. The van der Waals surface area contributed by atoms with Crippen molar-refractivity contribution in [2.24, 2.45) is 0 Å². The van der Waals surface area contributed by atoms with E-state index >= 15 is 0 Å². The van der Waals surface area contributed by atoms with Crippen molar-refractivity contribution in [1.29, 1.82) is 0 Å². The van der Waals surface area contributed by atoms with Gasteiger partial charge in [-0.25, -0.2) is 0 Å². The molecule has 0 amide bonds. The molecular formula is C12H18ClN3O. The van der Waals surface area contributed by atoms with Gasteiger partial charge in [0.15, 0.2) is 5.82 Å². The lowest BCUT2D eigenvalue weighted by molar-refractivity contribution is 0.323. The Morgan fingerprint density at radius 1 is 1.47 bits per heavy atom. The molecule has 5 heteroatoms. The fraction of sp³-hybridized carbons (Fsp3) is 0.667. The van der Waals surface area contributed by atoms with Gasteiger partial charge in [0, 0.05) is 18.5 Å². The van der Waals surface area contributed by atoms with Crippen LogP contribution >= 0.6 is 11.6 Å². The quantitative estimate of drug-likeness (QED) is 0.732. The molecule has 1 saturated carbocycles. The van der Waals surface area contributed by atoms with Crippen LogP contribution in [0, 0.1) is 0 Å². The lowest BCUT2D eigenvalue weighted by Gasteiger charge is -2.37. The molecule has 0 spiro atoms. The first-order chi connectivity index (χ1) is 8.35. The van der Waals surface area contributed by atoms with Crippen LogP contribution in [-0.4, -0.2) is 35.0 Å². The van der Waals surface area contributed by atoms with E-state index < -0.39 is 0 Å². The first-order valence-electron chi connectivity index (χ1n) is 6.12. The molecule has 0 N–H and O–H groups in total. The molecule has 1 fully saturated rings. The zero-order valence-electron chi connectivity index (χ0n) is 10.1. The largest absolute Gasteiger partial charge is 0.477 e. The highest BCUT2D eigenvalue weighted by Crippen LogP contribution is 2.28. The van der Waals surface area contributed by atoms with Crippen LogP contribution in [-0.2, 0) is 0 Å². The second-order valence-electron chi connectivity index (χ2n) is 4.12. The highest BCUT2D eigenvalue weighted by molar-refractivity contribution is 6.18. The number of hydrogen-bond donors (Lipinski definition) is 0. The summed E-state index contributed by atoms with van der Waals surface area (Å²) in [5.41, 5.74) is 0. The summed E-state index contributed by atoms with van der Waals surface area (Å²) < 4.78 is 5.37. The van der Waals surface area contributed by atoms with E-state index in [0.717, 1.165) is 12.4 Å². The van der Waals surface area contributed by atoms with Crippen molar-refractivity contribution in [3.8, 4) is 5.88 Å². The fourth-order valence-corrected chi connectivity index (χ4v) is 2.15. The van der Waals surface area contributed by atoms with Crippen LogP contribution in [0.5, 0.6) is 5.88 Å². The summed E-state index contributed by atoms with van der Waals surface area (Å²) in [5, 5.41) is 0. The average Bonchev–Trinajstić information content (AvgIpc) is 2.27. The predicted molar refractivity (Wildman–Crippen MR) is 68.9 cm³/mol. The van der Waals surface area contributed by atoms with Crippen molar-refractivity contribution in [3.63, 3.8) is 0 Å². The molecule has 1 aromatic heterocycles. The Hall–Kier alpha value is -1.03. The molecule has 0 aromatic carbocycles. The normalized spacial score (nSPS) is 15.4. The van der Waals surface area contributed by atoms with Crippen molar-refractivity contribution < 1.29 is 4.74 Å². The number of alkyl halides is 1. The molecule has 1 heterocycles. The van der Waals surface area contributed by atoms with Crippen molar-refractivity contribution in [2.45, 2.75) is 32.2 Å². The van der Waals surface area contributed by atoms with E-state index in [4.69, 9.17) is 16.3 Å². The Kier molecular flexibility index (Phi) is 4.42. The van der Waals surface area contributed by atoms with Crippen molar-refractivity contribution in [1.82, 2.24) is 9.97 Å². The molecule has 0 unspecified atom stereocenters. The van der Waals surface area contributed by atoms with Gasteiger partial charge in [-0.1, -0.05) is 0 Å². The average molecular weight is 256 g/mol. The van der Waals surface area contributed by atoms with Gasteiger partial charge in [-0.3, -0.25) is 4.98 Å². The van der Waals surface area contributed by atoms with Crippen LogP contribution in [0.15, 0.2) is 12.4 Å². The van der Waals surface area contributed by atoms with E-state index in [0.29, 0.717) is 24.4 Å². The van der Waals surface area contributed by atoms with Gasteiger partial charge in [0.25, 0.3) is 0 Å². The van der Waals surface area contributed by atoms with Gasteiger partial charge in [0.1, 0.15) is 0 Å². The molecule has 2 rings (SSSR count). The smallest absolute Gasteiger partial charge is 0.234 e. The van der Waals surface area contributed by atoms with Crippen molar-refractivity contribution in [3.05, 3.63) is 12.4 Å². The van der Waals surface area contributed by atoms with Gasteiger partial charge in [-0.2, -0.15) is 4.98 Å². The Bertz CT molecular complexity index is 357. The number of halogens is 1. The highest BCUT2D eigenvalue weighted by Gasteiger charge is 2.25. The van der Waals surface area contributed by atoms with E-state index in [9.17, 15) is 0 Å². The first kappa shape index (κ1) is 12.4. The summed E-state index contributed by atoms with van der Waals surface area (Å²) in [7, 11) is 0. The van der Waals surface area contributed by atoms with Crippen molar-refractivity contribution in [2.75, 3.05) is 23.9 Å². The molecule has 0 radical (unpaired) electrons. The van der Waals surface area contributed by atoms with E-state index in [1.54, 1.807) is 12.4 Å². The zero-order chi connectivity index (χ0) is 12.1. The third-order valence-corrected chi connectivity index (χ3v) is 3.20. The summed E-state index contributed by atoms with van der Waals surface area (Å²) in [5.74, 6) is 2.07. The minimum absolute atomic E-state index is 0.569. The van der Waals surface area contributed by atoms with Crippen LogP contribution in [0.25, 0.3) is 0 Å². The van der Waals surface area contributed by atoms with E-state index in [1.807, 2.05) is 6.92 Å². The summed E-state index contributed by atoms with van der Waals surface area (Å²) >= 11 is 5.85. The monoisotopic (exact) mass is 255 g/mol. The lowest BCUT2D eigenvalue weighted by atomic mass is 9.91. The summed E-state index contributed by atoms with van der Waals surface area (Å²) in [6.07, 6.45) is 7.16. The Balaban J connectivity index is 2.13. The van der Waals surface area contributed by atoms with Gasteiger partial charge in [-0.15, -0.1) is 11.6 Å². The molecule has 1 aliphatic carbocycles. The molecule has 0 atom stereocenters.